The van der Waals surface area contributed by atoms with Crippen LogP contribution in [-0.2, 0) is 13.2 Å². The summed E-state index contributed by atoms with van der Waals surface area (Å²) in [4.78, 5) is 4.87. The van der Waals surface area contributed by atoms with Crippen molar-refractivity contribution in [2.45, 2.75) is 13.2 Å². The van der Waals surface area contributed by atoms with E-state index in [9.17, 15) is 0 Å². The van der Waals surface area contributed by atoms with E-state index in [1.165, 1.54) is 11.1 Å². The molecule has 0 bridgehead atoms. The molecule has 122 valence electrons. The zero-order valence-corrected chi connectivity index (χ0v) is 15.1. The van der Waals surface area contributed by atoms with Gasteiger partial charge in [-0.05, 0) is 24.7 Å². The highest BCUT2D eigenvalue weighted by atomic mass is 79.9. The van der Waals surface area contributed by atoms with Crippen molar-refractivity contribution in [1.82, 2.24) is 9.80 Å². The summed E-state index contributed by atoms with van der Waals surface area (Å²) in [5, 5.41) is 0. The summed E-state index contributed by atoms with van der Waals surface area (Å²) in [6, 6.07) is 16.5. The van der Waals surface area contributed by atoms with Gasteiger partial charge in [-0.3, -0.25) is 4.90 Å². The van der Waals surface area contributed by atoms with E-state index in [2.05, 4.69) is 57.0 Å². The molecule has 0 saturated carbocycles. The van der Waals surface area contributed by atoms with Crippen LogP contribution in [0.5, 0.6) is 5.75 Å². The van der Waals surface area contributed by atoms with E-state index in [1.54, 1.807) is 0 Å². The highest BCUT2D eigenvalue weighted by Gasteiger charge is 2.17. The fourth-order valence-corrected chi connectivity index (χ4v) is 3.27. The van der Waals surface area contributed by atoms with Gasteiger partial charge in [0.1, 0.15) is 12.4 Å². The van der Waals surface area contributed by atoms with Gasteiger partial charge in [0.15, 0.2) is 0 Å². The zero-order valence-electron chi connectivity index (χ0n) is 13.5. The summed E-state index contributed by atoms with van der Waals surface area (Å²) in [5.41, 5.74) is 2.44. The predicted octanol–water partition coefficient (Wildman–Crippen LogP) is 3.78. The fourth-order valence-electron chi connectivity index (χ4n) is 2.79. The van der Waals surface area contributed by atoms with Crippen LogP contribution >= 0.6 is 15.9 Å². The van der Waals surface area contributed by atoms with E-state index < -0.39 is 0 Å². The lowest BCUT2D eigenvalue weighted by molar-refractivity contribution is 0.146. The molecule has 0 unspecified atom stereocenters. The molecule has 0 atom stereocenters. The molecule has 4 heteroatoms. The lowest BCUT2D eigenvalue weighted by atomic mass is 10.1. The third-order valence-corrected chi connectivity index (χ3v) is 5.03. The van der Waals surface area contributed by atoms with Gasteiger partial charge in [0.2, 0.25) is 0 Å². The van der Waals surface area contributed by atoms with Gasteiger partial charge < -0.3 is 9.64 Å². The maximum Gasteiger partial charge on any atom is 0.125 e. The van der Waals surface area contributed by atoms with Gasteiger partial charge in [0.05, 0.1) is 0 Å². The van der Waals surface area contributed by atoms with Crippen molar-refractivity contribution in [2.75, 3.05) is 33.2 Å². The Morgan fingerprint density at radius 3 is 2.43 bits per heavy atom. The lowest BCUT2D eigenvalue weighted by Crippen LogP contribution is -2.43. The Labute approximate surface area is 147 Å². The number of hydrogen-bond acceptors (Lipinski definition) is 3. The Morgan fingerprint density at radius 1 is 0.957 bits per heavy atom. The summed E-state index contributed by atoms with van der Waals surface area (Å²) in [5.74, 6) is 0.974. The first-order valence-corrected chi connectivity index (χ1v) is 8.86. The summed E-state index contributed by atoms with van der Waals surface area (Å²) in [6.45, 7) is 6.01. The van der Waals surface area contributed by atoms with Gasteiger partial charge in [0, 0.05) is 42.8 Å². The van der Waals surface area contributed by atoms with Crippen LogP contribution < -0.4 is 4.74 Å². The molecule has 23 heavy (non-hydrogen) atoms. The molecule has 2 aromatic carbocycles. The average Bonchev–Trinajstić information content (AvgIpc) is 2.58. The minimum absolute atomic E-state index is 0.604. The van der Waals surface area contributed by atoms with E-state index in [0.29, 0.717) is 6.61 Å². The molecule has 1 saturated heterocycles. The van der Waals surface area contributed by atoms with Crippen LogP contribution in [0.25, 0.3) is 0 Å². The highest BCUT2D eigenvalue weighted by Crippen LogP contribution is 2.29. The Hall–Kier alpha value is -1.36. The SMILES string of the molecule is CN1CCN(Cc2c(Br)cccc2OCc2ccccc2)CC1. The third-order valence-electron chi connectivity index (χ3n) is 4.29. The number of rotatable bonds is 5. The molecule has 0 aromatic heterocycles. The van der Waals surface area contributed by atoms with Crippen LogP contribution in [0.4, 0.5) is 0 Å². The van der Waals surface area contributed by atoms with E-state index in [1.807, 2.05) is 24.3 Å². The summed E-state index contributed by atoms with van der Waals surface area (Å²) in [7, 11) is 2.18. The van der Waals surface area contributed by atoms with Crippen molar-refractivity contribution in [1.29, 1.82) is 0 Å². The third kappa shape index (κ3) is 4.56. The van der Waals surface area contributed by atoms with Gasteiger partial charge >= 0.3 is 0 Å². The average molecular weight is 375 g/mol. The minimum atomic E-state index is 0.604. The molecule has 3 nitrogen and oxygen atoms in total. The monoisotopic (exact) mass is 374 g/mol. The maximum atomic E-state index is 6.10. The number of benzene rings is 2. The van der Waals surface area contributed by atoms with Crippen LogP contribution in [0, 0.1) is 0 Å². The summed E-state index contributed by atoms with van der Waals surface area (Å²) >= 11 is 3.69. The molecule has 3 rings (SSSR count). The Morgan fingerprint density at radius 2 is 1.70 bits per heavy atom. The van der Waals surface area contributed by atoms with Crippen molar-refractivity contribution in [3.63, 3.8) is 0 Å². The first-order chi connectivity index (χ1) is 11.2. The van der Waals surface area contributed by atoms with E-state index in [-0.39, 0.29) is 0 Å². The van der Waals surface area contributed by atoms with Crippen LogP contribution in [0.1, 0.15) is 11.1 Å². The summed E-state index contributed by atoms with van der Waals surface area (Å²) < 4.78 is 7.23. The molecular formula is C19H23BrN2O. The van der Waals surface area contributed by atoms with Gasteiger partial charge in [-0.25, -0.2) is 0 Å². The normalized spacial score (nSPS) is 16.4. The molecule has 2 aromatic rings. The van der Waals surface area contributed by atoms with Gasteiger partial charge in [-0.15, -0.1) is 0 Å². The molecular weight excluding hydrogens is 352 g/mol. The van der Waals surface area contributed by atoms with Crippen LogP contribution in [-0.4, -0.2) is 43.0 Å². The first-order valence-electron chi connectivity index (χ1n) is 8.07. The minimum Gasteiger partial charge on any atom is -0.489 e. The fraction of sp³-hybridized carbons (Fsp3) is 0.368. The Kier molecular flexibility index (Phi) is 5.70. The van der Waals surface area contributed by atoms with E-state index >= 15 is 0 Å². The van der Waals surface area contributed by atoms with Crippen molar-refractivity contribution in [3.05, 3.63) is 64.1 Å². The molecule has 0 spiro atoms. The molecule has 1 aliphatic heterocycles. The number of likely N-dealkylation sites (N-methyl/N-ethyl adjacent to an activating group) is 1. The highest BCUT2D eigenvalue weighted by molar-refractivity contribution is 9.10. The largest absolute Gasteiger partial charge is 0.489 e. The van der Waals surface area contributed by atoms with Crippen molar-refractivity contribution in [2.24, 2.45) is 0 Å². The zero-order chi connectivity index (χ0) is 16.1. The number of piperazine rings is 1. The Balaban J connectivity index is 1.69. The summed E-state index contributed by atoms with van der Waals surface area (Å²) in [6.07, 6.45) is 0. The standard InChI is InChI=1S/C19H23BrN2O/c1-21-10-12-22(13-11-21)14-17-18(20)8-5-9-19(17)23-15-16-6-3-2-4-7-16/h2-9H,10-15H2,1H3. The van der Waals surface area contributed by atoms with Crippen LogP contribution in [0.15, 0.2) is 53.0 Å². The second-order valence-electron chi connectivity index (χ2n) is 6.07. The first kappa shape index (κ1) is 16.5. The molecule has 0 amide bonds. The second-order valence-corrected chi connectivity index (χ2v) is 6.92. The number of nitrogens with zero attached hydrogens (tertiary/aromatic N) is 2. The lowest BCUT2D eigenvalue weighted by Gasteiger charge is -2.32. The number of ether oxygens (including phenoxy) is 1. The van der Waals surface area contributed by atoms with E-state index in [4.69, 9.17) is 4.74 Å². The quantitative estimate of drug-likeness (QED) is 0.791. The van der Waals surface area contributed by atoms with Crippen molar-refractivity contribution < 1.29 is 4.74 Å². The molecule has 0 aliphatic carbocycles. The van der Waals surface area contributed by atoms with Gasteiger partial charge in [-0.1, -0.05) is 52.3 Å². The molecule has 0 radical (unpaired) electrons. The molecule has 1 fully saturated rings. The molecule has 1 heterocycles. The van der Waals surface area contributed by atoms with Crippen molar-refractivity contribution >= 4 is 15.9 Å². The van der Waals surface area contributed by atoms with Crippen LogP contribution in [0.3, 0.4) is 0 Å². The van der Waals surface area contributed by atoms with Crippen molar-refractivity contribution in [3.8, 4) is 5.75 Å². The maximum absolute atomic E-state index is 6.10. The number of halogens is 1. The van der Waals surface area contributed by atoms with Crippen LogP contribution in [0.2, 0.25) is 0 Å². The predicted molar refractivity (Wildman–Crippen MR) is 97.7 cm³/mol. The topological polar surface area (TPSA) is 15.7 Å². The van der Waals surface area contributed by atoms with Gasteiger partial charge in [0.25, 0.3) is 0 Å². The van der Waals surface area contributed by atoms with E-state index in [0.717, 1.165) is 42.9 Å². The Bertz CT molecular complexity index is 625. The number of hydrogen-bond donors (Lipinski definition) is 0. The smallest absolute Gasteiger partial charge is 0.125 e. The molecule has 1 aliphatic rings. The molecule has 0 N–H and O–H groups in total. The van der Waals surface area contributed by atoms with Gasteiger partial charge in [-0.2, -0.15) is 0 Å². The second kappa shape index (κ2) is 7.95.